The van der Waals surface area contributed by atoms with Gasteiger partial charge in [0.2, 0.25) is 0 Å². The van der Waals surface area contributed by atoms with Gasteiger partial charge in [-0.2, -0.15) is 0 Å². The number of aryl methyl sites for hydroxylation is 1. The minimum absolute atomic E-state index is 0.324. The number of rotatable bonds is 6. The lowest BCUT2D eigenvalue weighted by atomic mass is 9.78. The Hall–Kier alpha value is -2.61. The minimum atomic E-state index is -0.739. The van der Waals surface area contributed by atoms with Crippen molar-refractivity contribution in [1.29, 1.82) is 0 Å². The summed E-state index contributed by atoms with van der Waals surface area (Å²) < 4.78 is 16.6. The molecule has 1 fully saturated rings. The van der Waals surface area contributed by atoms with Crippen molar-refractivity contribution < 1.29 is 19.0 Å². The van der Waals surface area contributed by atoms with Crippen LogP contribution in [0.5, 0.6) is 11.5 Å². The highest BCUT2D eigenvalue weighted by Crippen LogP contribution is 2.34. The molecule has 0 atom stereocenters. The first-order valence-electron chi connectivity index (χ1n) is 11.4. The number of hydrogen-bond donors (Lipinski definition) is 2. The largest absolute Gasteiger partial charge is 0.486 e. The second kappa shape index (κ2) is 9.33. The van der Waals surface area contributed by atoms with E-state index in [2.05, 4.69) is 10.3 Å². The fraction of sp³-hybridized carbons (Fsp3) is 0.440. The molecule has 3 aromatic rings. The molecule has 33 heavy (non-hydrogen) atoms. The second-order valence-electron chi connectivity index (χ2n) is 8.94. The fourth-order valence-corrected chi connectivity index (χ4v) is 4.96. The number of benzene rings is 1. The smallest absolute Gasteiger partial charge is 0.336 e. The van der Waals surface area contributed by atoms with Gasteiger partial charge in [0.25, 0.3) is 0 Å². The van der Waals surface area contributed by atoms with E-state index in [1.165, 1.54) is 6.07 Å². The molecule has 2 aromatic heterocycles. The third-order valence-electron chi connectivity index (χ3n) is 6.60. The zero-order valence-corrected chi connectivity index (χ0v) is 19.1. The van der Waals surface area contributed by atoms with Crippen LogP contribution in [0.4, 0.5) is 0 Å². The summed E-state index contributed by atoms with van der Waals surface area (Å²) in [5.41, 5.74) is 1.20. The zero-order valence-electron chi connectivity index (χ0n) is 18.3. The van der Waals surface area contributed by atoms with E-state index in [4.69, 9.17) is 25.5 Å². The molecule has 1 aliphatic heterocycles. The number of pyridine rings is 1. The molecule has 174 valence electrons. The summed E-state index contributed by atoms with van der Waals surface area (Å²) in [6, 6.07) is 8.97. The molecule has 0 unspecified atom stereocenters. The highest BCUT2D eigenvalue weighted by Gasteiger charge is 2.33. The van der Waals surface area contributed by atoms with Gasteiger partial charge in [-0.1, -0.05) is 11.6 Å². The number of aliphatic hydroxyl groups is 1. The number of nitrogens with zero attached hydrogens (tertiary/aromatic N) is 1. The van der Waals surface area contributed by atoms with Gasteiger partial charge in [0, 0.05) is 35.1 Å². The molecule has 3 heterocycles. The van der Waals surface area contributed by atoms with Crippen LogP contribution in [-0.4, -0.2) is 34.9 Å². The molecule has 0 radical (unpaired) electrons. The lowest BCUT2D eigenvalue weighted by Crippen LogP contribution is -2.41. The summed E-state index contributed by atoms with van der Waals surface area (Å²) >= 11 is 6.25. The van der Waals surface area contributed by atoms with Gasteiger partial charge in [-0.05, 0) is 62.3 Å². The maximum Gasteiger partial charge on any atom is 0.336 e. The number of aromatic nitrogens is 1. The molecule has 1 aliphatic carbocycles. The molecule has 2 N–H and O–H groups in total. The summed E-state index contributed by atoms with van der Waals surface area (Å²) in [5.74, 6) is 1.44. The van der Waals surface area contributed by atoms with E-state index in [-0.39, 0.29) is 5.63 Å². The van der Waals surface area contributed by atoms with Gasteiger partial charge in [-0.25, -0.2) is 4.79 Å². The Morgan fingerprint density at radius 2 is 1.91 bits per heavy atom. The molecule has 7 nitrogen and oxygen atoms in total. The third kappa shape index (κ3) is 5.16. The molecule has 8 heteroatoms. The lowest BCUT2D eigenvalue weighted by Gasteiger charge is -2.36. The minimum Gasteiger partial charge on any atom is -0.486 e. The molecule has 2 aliphatic rings. The Morgan fingerprint density at radius 1 is 1.12 bits per heavy atom. The summed E-state index contributed by atoms with van der Waals surface area (Å²) in [6.45, 7) is 1.76. The SMILES string of the molecule is O=c1ccc2cc(Cl)cc(CCC3(O)CCC(NCc4cc5c(cn4)OCCO5)CC3)c2o1. The number of ether oxygens (including phenoxy) is 2. The van der Waals surface area contributed by atoms with Gasteiger partial charge in [0.15, 0.2) is 11.5 Å². The average molecular weight is 471 g/mol. The molecule has 1 saturated carbocycles. The standard InChI is InChI=1S/C25H27ClN2O5/c26-18-11-16-1-2-23(29)33-24(16)17(12-18)3-6-25(30)7-4-19(5-8-25)27-14-20-13-21-22(15-28-20)32-10-9-31-21/h1-2,11-13,15,19,27,30H,3-10,14H2. The number of fused-ring (bicyclic) bond motifs is 2. The van der Waals surface area contributed by atoms with Gasteiger partial charge in [0.05, 0.1) is 17.5 Å². The van der Waals surface area contributed by atoms with Crippen LogP contribution in [0, 0.1) is 0 Å². The molecule has 1 aromatic carbocycles. The van der Waals surface area contributed by atoms with Crippen LogP contribution in [0.2, 0.25) is 5.02 Å². The van der Waals surface area contributed by atoms with Crippen molar-refractivity contribution in [3.05, 3.63) is 63.2 Å². The molecular formula is C25H27ClN2O5. The van der Waals surface area contributed by atoms with Crippen molar-refractivity contribution >= 4 is 22.6 Å². The Bertz CT molecular complexity index is 1200. The highest BCUT2D eigenvalue weighted by molar-refractivity contribution is 6.31. The van der Waals surface area contributed by atoms with E-state index in [1.54, 1.807) is 18.3 Å². The van der Waals surface area contributed by atoms with Gasteiger partial charge >= 0.3 is 5.63 Å². The van der Waals surface area contributed by atoms with Crippen LogP contribution in [-0.2, 0) is 13.0 Å². The zero-order chi connectivity index (χ0) is 22.8. The van der Waals surface area contributed by atoms with Crippen LogP contribution >= 0.6 is 11.6 Å². The van der Waals surface area contributed by atoms with Crippen molar-refractivity contribution in [2.75, 3.05) is 13.2 Å². The van der Waals surface area contributed by atoms with Gasteiger partial charge in [0.1, 0.15) is 18.8 Å². The number of hydrogen-bond acceptors (Lipinski definition) is 7. The van der Waals surface area contributed by atoms with Crippen LogP contribution in [0.25, 0.3) is 11.0 Å². The van der Waals surface area contributed by atoms with E-state index < -0.39 is 5.60 Å². The maximum atomic E-state index is 11.7. The summed E-state index contributed by atoms with van der Waals surface area (Å²) in [7, 11) is 0. The van der Waals surface area contributed by atoms with E-state index >= 15 is 0 Å². The van der Waals surface area contributed by atoms with Crippen LogP contribution in [0.3, 0.4) is 0 Å². The van der Waals surface area contributed by atoms with Gasteiger partial charge in [-0.3, -0.25) is 4.98 Å². The Kier molecular flexibility index (Phi) is 6.27. The van der Waals surface area contributed by atoms with Crippen LogP contribution in [0.15, 0.2) is 45.7 Å². The monoisotopic (exact) mass is 470 g/mol. The number of halogens is 1. The van der Waals surface area contributed by atoms with E-state index in [0.717, 1.165) is 35.2 Å². The first kappa shape index (κ1) is 22.2. The molecule has 0 spiro atoms. The van der Waals surface area contributed by atoms with E-state index in [0.29, 0.717) is 67.8 Å². The predicted molar refractivity (Wildman–Crippen MR) is 125 cm³/mol. The van der Waals surface area contributed by atoms with Crippen molar-refractivity contribution in [1.82, 2.24) is 10.3 Å². The Labute approximate surface area is 196 Å². The van der Waals surface area contributed by atoms with Crippen molar-refractivity contribution in [2.24, 2.45) is 0 Å². The fourth-order valence-electron chi connectivity index (χ4n) is 4.71. The van der Waals surface area contributed by atoms with Crippen molar-refractivity contribution in [3.63, 3.8) is 0 Å². The molecule has 0 saturated heterocycles. The summed E-state index contributed by atoms with van der Waals surface area (Å²) in [4.78, 5) is 16.1. The van der Waals surface area contributed by atoms with Crippen LogP contribution in [0.1, 0.15) is 43.4 Å². The average Bonchev–Trinajstić information content (AvgIpc) is 2.82. The highest BCUT2D eigenvalue weighted by atomic mass is 35.5. The normalized spacial score (nSPS) is 22.4. The molecule has 0 bridgehead atoms. The van der Waals surface area contributed by atoms with Crippen molar-refractivity contribution in [3.8, 4) is 11.5 Å². The summed E-state index contributed by atoms with van der Waals surface area (Å²) in [5, 5.41) is 16.1. The first-order chi connectivity index (χ1) is 16.0. The Balaban J connectivity index is 1.16. The van der Waals surface area contributed by atoms with Crippen LogP contribution < -0.4 is 20.4 Å². The quantitative estimate of drug-likeness (QED) is 0.526. The van der Waals surface area contributed by atoms with E-state index in [9.17, 15) is 9.90 Å². The maximum absolute atomic E-state index is 11.7. The first-order valence-corrected chi connectivity index (χ1v) is 11.8. The molecule has 0 amide bonds. The second-order valence-corrected chi connectivity index (χ2v) is 9.37. The van der Waals surface area contributed by atoms with Crippen molar-refractivity contribution in [2.45, 2.75) is 56.7 Å². The lowest BCUT2D eigenvalue weighted by molar-refractivity contribution is -0.0108. The van der Waals surface area contributed by atoms with E-state index in [1.807, 2.05) is 12.1 Å². The topological polar surface area (TPSA) is 93.8 Å². The summed E-state index contributed by atoms with van der Waals surface area (Å²) in [6.07, 6.45) is 6.09. The van der Waals surface area contributed by atoms with Gasteiger partial charge < -0.3 is 24.3 Å². The number of nitrogens with one attached hydrogen (secondary N) is 1. The Morgan fingerprint density at radius 3 is 2.73 bits per heavy atom. The molecule has 5 rings (SSSR count). The molecular weight excluding hydrogens is 444 g/mol. The third-order valence-corrected chi connectivity index (χ3v) is 6.81. The predicted octanol–water partition coefficient (Wildman–Crippen LogP) is 4.01. The van der Waals surface area contributed by atoms with Gasteiger partial charge in [-0.15, -0.1) is 0 Å².